The first kappa shape index (κ1) is 15.6. The lowest BCUT2D eigenvalue weighted by molar-refractivity contribution is -0.253. The van der Waals surface area contributed by atoms with Crippen molar-refractivity contribution in [3.05, 3.63) is 34.9 Å². The van der Waals surface area contributed by atoms with Gasteiger partial charge < -0.3 is 10.0 Å². The van der Waals surface area contributed by atoms with Crippen LogP contribution in [0.5, 0.6) is 0 Å². The molecule has 0 radical (unpaired) electrons. The zero-order valence-electron chi connectivity index (χ0n) is 11.6. The van der Waals surface area contributed by atoms with Crippen LogP contribution >= 0.6 is 11.6 Å². The van der Waals surface area contributed by atoms with E-state index in [0.717, 1.165) is 10.5 Å². The summed E-state index contributed by atoms with van der Waals surface area (Å²) in [4.78, 5) is 13.4. The SMILES string of the molecule is O=C(C1CC1c1ccccc1Cl)N1CCC(O)(C(F)(F)F)C1. The number of hydrogen-bond donors (Lipinski definition) is 1. The Morgan fingerprint density at radius 3 is 2.64 bits per heavy atom. The summed E-state index contributed by atoms with van der Waals surface area (Å²) in [6, 6.07) is 7.17. The van der Waals surface area contributed by atoms with Crippen molar-refractivity contribution < 1.29 is 23.1 Å². The highest BCUT2D eigenvalue weighted by atomic mass is 35.5. The summed E-state index contributed by atoms with van der Waals surface area (Å²) in [5, 5.41) is 10.2. The lowest BCUT2D eigenvalue weighted by Gasteiger charge is -2.26. The summed E-state index contributed by atoms with van der Waals surface area (Å²) in [6.07, 6.45) is -4.59. The van der Waals surface area contributed by atoms with Crippen molar-refractivity contribution in [1.82, 2.24) is 4.90 Å². The van der Waals surface area contributed by atoms with Gasteiger partial charge in [0, 0.05) is 23.9 Å². The van der Waals surface area contributed by atoms with Crippen molar-refractivity contribution >= 4 is 17.5 Å². The van der Waals surface area contributed by atoms with Crippen LogP contribution in [0.4, 0.5) is 13.2 Å². The van der Waals surface area contributed by atoms with Crippen LogP contribution in [0.3, 0.4) is 0 Å². The van der Waals surface area contributed by atoms with Crippen LogP contribution in [-0.4, -0.2) is 40.8 Å². The zero-order valence-corrected chi connectivity index (χ0v) is 12.4. The van der Waals surface area contributed by atoms with E-state index in [1.54, 1.807) is 12.1 Å². The topological polar surface area (TPSA) is 40.5 Å². The molecule has 1 saturated heterocycles. The number of carbonyl (C=O) groups is 1. The van der Waals surface area contributed by atoms with E-state index in [1.165, 1.54) is 0 Å². The van der Waals surface area contributed by atoms with Crippen molar-refractivity contribution in [2.75, 3.05) is 13.1 Å². The normalized spacial score (nSPS) is 31.4. The molecule has 1 aliphatic carbocycles. The largest absolute Gasteiger partial charge is 0.419 e. The van der Waals surface area contributed by atoms with Gasteiger partial charge in [0.2, 0.25) is 5.91 Å². The van der Waals surface area contributed by atoms with Crippen LogP contribution in [-0.2, 0) is 4.79 Å². The number of halogens is 4. The maximum Gasteiger partial charge on any atom is 0.419 e. The molecule has 1 saturated carbocycles. The van der Waals surface area contributed by atoms with Crippen LogP contribution < -0.4 is 0 Å². The minimum atomic E-state index is -4.71. The van der Waals surface area contributed by atoms with Gasteiger partial charge in [-0.05, 0) is 24.0 Å². The van der Waals surface area contributed by atoms with Gasteiger partial charge in [0.1, 0.15) is 0 Å². The van der Waals surface area contributed by atoms with Gasteiger partial charge >= 0.3 is 6.18 Å². The average Bonchev–Trinajstić information content (AvgIpc) is 3.12. The molecule has 0 bridgehead atoms. The molecule has 1 aromatic carbocycles. The lowest BCUT2D eigenvalue weighted by Crippen LogP contribution is -2.48. The molecule has 2 aliphatic rings. The molecule has 1 aromatic rings. The van der Waals surface area contributed by atoms with Gasteiger partial charge in [-0.3, -0.25) is 4.79 Å². The van der Waals surface area contributed by atoms with Gasteiger partial charge in [-0.15, -0.1) is 0 Å². The van der Waals surface area contributed by atoms with Gasteiger partial charge in [-0.1, -0.05) is 29.8 Å². The minimum absolute atomic E-state index is 0.0409. The zero-order chi connectivity index (χ0) is 16.1. The van der Waals surface area contributed by atoms with Crippen LogP contribution in [0.1, 0.15) is 24.3 Å². The molecular formula is C15H15ClF3NO2. The Bertz CT molecular complexity index is 607. The Morgan fingerprint density at radius 2 is 2.05 bits per heavy atom. The second-order valence-electron chi connectivity index (χ2n) is 6.01. The lowest BCUT2D eigenvalue weighted by atomic mass is 10.0. The van der Waals surface area contributed by atoms with Gasteiger partial charge in [-0.2, -0.15) is 13.2 Å². The molecule has 1 aliphatic heterocycles. The van der Waals surface area contributed by atoms with Crippen molar-refractivity contribution in [3.63, 3.8) is 0 Å². The molecule has 1 heterocycles. The second-order valence-corrected chi connectivity index (χ2v) is 6.42. The highest BCUT2D eigenvalue weighted by Gasteiger charge is 2.59. The second kappa shape index (κ2) is 5.13. The summed E-state index contributed by atoms with van der Waals surface area (Å²) in [5.74, 6) is -0.707. The van der Waals surface area contributed by atoms with E-state index in [2.05, 4.69) is 0 Å². The number of alkyl halides is 3. The first-order valence-corrected chi connectivity index (χ1v) is 7.43. The Balaban J connectivity index is 1.67. The number of amides is 1. The predicted molar refractivity (Wildman–Crippen MR) is 74.5 cm³/mol. The van der Waals surface area contributed by atoms with E-state index in [-0.39, 0.29) is 24.3 Å². The minimum Gasteiger partial charge on any atom is -0.379 e. The first-order valence-electron chi connectivity index (χ1n) is 7.05. The fourth-order valence-corrected chi connectivity index (χ4v) is 3.31. The molecule has 3 atom stereocenters. The maximum atomic E-state index is 12.8. The Morgan fingerprint density at radius 1 is 1.36 bits per heavy atom. The fraction of sp³-hybridized carbons (Fsp3) is 0.533. The number of aliphatic hydroxyl groups is 1. The molecule has 1 N–H and O–H groups in total. The molecular weight excluding hydrogens is 319 g/mol. The van der Waals surface area contributed by atoms with Crippen molar-refractivity contribution in [3.8, 4) is 0 Å². The highest BCUT2D eigenvalue weighted by molar-refractivity contribution is 6.31. The van der Waals surface area contributed by atoms with Crippen LogP contribution in [0.15, 0.2) is 24.3 Å². The molecule has 1 amide bonds. The monoisotopic (exact) mass is 333 g/mol. The molecule has 3 rings (SSSR count). The number of rotatable bonds is 2. The highest BCUT2D eigenvalue weighted by Crippen LogP contribution is 2.51. The van der Waals surface area contributed by atoms with Crippen LogP contribution in [0.25, 0.3) is 0 Å². The molecule has 0 aromatic heterocycles. The van der Waals surface area contributed by atoms with Gasteiger partial charge in [-0.25, -0.2) is 0 Å². The van der Waals surface area contributed by atoms with Gasteiger partial charge in [0.05, 0.1) is 6.54 Å². The molecule has 0 spiro atoms. The van der Waals surface area contributed by atoms with Crippen molar-refractivity contribution in [2.24, 2.45) is 5.92 Å². The number of β-amino-alcohol motifs (C(OH)–C–C–N with tert-alkyl or cyclic N) is 1. The molecule has 2 fully saturated rings. The van der Waals surface area contributed by atoms with Crippen molar-refractivity contribution in [2.45, 2.75) is 30.5 Å². The van der Waals surface area contributed by atoms with Crippen LogP contribution in [0.2, 0.25) is 5.02 Å². The molecule has 22 heavy (non-hydrogen) atoms. The third-order valence-corrected chi connectivity index (χ3v) is 4.84. The maximum absolute atomic E-state index is 12.8. The number of benzene rings is 1. The number of carbonyl (C=O) groups excluding carboxylic acids is 1. The summed E-state index contributed by atoms with van der Waals surface area (Å²) in [6.45, 7) is -0.748. The van der Waals surface area contributed by atoms with E-state index in [0.29, 0.717) is 11.4 Å². The summed E-state index contributed by atoms with van der Waals surface area (Å²) in [5.41, 5.74) is -1.93. The molecule has 120 valence electrons. The van der Waals surface area contributed by atoms with E-state index < -0.39 is 24.7 Å². The van der Waals surface area contributed by atoms with Gasteiger partial charge in [0.25, 0.3) is 0 Å². The van der Waals surface area contributed by atoms with E-state index >= 15 is 0 Å². The third-order valence-electron chi connectivity index (χ3n) is 4.50. The summed E-state index contributed by atoms with van der Waals surface area (Å²) < 4.78 is 38.4. The van der Waals surface area contributed by atoms with E-state index in [4.69, 9.17) is 11.6 Å². The Labute approximate surface area is 130 Å². The Hall–Kier alpha value is -1.27. The van der Waals surface area contributed by atoms with E-state index in [1.807, 2.05) is 12.1 Å². The standard InChI is InChI=1S/C15H15ClF3NO2/c16-12-4-2-1-3-9(12)10-7-11(10)13(21)20-6-5-14(22,8-20)15(17,18)19/h1-4,10-11,22H,5-8H2. The number of hydrogen-bond acceptors (Lipinski definition) is 2. The summed E-state index contributed by atoms with van der Waals surface area (Å²) in [7, 11) is 0. The third kappa shape index (κ3) is 2.58. The Kier molecular flexibility index (Phi) is 3.64. The smallest absolute Gasteiger partial charge is 0.379 e. The number of nitrogens with zero attached hydrogens (tertiary/aromatic N) is 1. The molecule has 3 unspecified atom stereocenters. The predicted octanol–water partition coefficient (Wildman–Crippen LogP) is 2.97. The molecule has 3 nitrogen and oxygen atoms in total. The quantitative estimate of drug-likeness (QED) is 0.904. The van der Waals surface area contributed by atoms with E-state index in [9.17, 15) is 23.1 Å². The van der Waals surface area contributed by atoms with Crippen molar-refractivity contribution in [1.29, 1.82) is 0 Å². The van der Waals surface area contributed by atoms with Crippen LogP contribution in [0, 0.1) is 5.92 Å². The average molecular weight is 334 g/mol. The summed E-state index contributed by atoms with van der Waals surface area (Å²) >= 11 is 6.08. The first-order chi connectivity index (χ1) is 10.2. The van der Waals surface area contributed by atoms with Gasteiger partial charge in [0.15, 0.2) is 5.60 Å². The number of likely N-dealkylation sites (tertiary alicyclic amines) is 1. The fourth-order valence-electron chi connectivity index (χ4n) is 3.04. The molecule has 7 heteroatoms.